The van der Waals surface area contributed by atoms with E-state index in [0.29, 0.717) is 11.6 Å². The average Bonchev–Trinajstić information content (AvgIpc) is 2.76. The first-order valence-corrected chi connectivity index (χ1v) is 7.11. The van der Waals surface area contributed by atoms with Gasteiger partial charge in [0, 0.05) is 13.2 Å². The van der Waals surface area contributed by atoms with Crippen molar-refractivity contribution in [1.82, 2.24) is 4.98 Å². The number of rotatable bonds is 4. The lowest BCUT2D eigenvalue weighted by Crippen LogP contribution is -2.32. The van der Waals surface area contributed by atoms with Gasteiger partial charge in [0.1, 0.15) is 11.4 Å². The topological polar surface area (TPSA) is 69.4 Å². The number of nitrogens with zero attached hydrogens (tertiary/aromatic N) is 1. The third-order valence-electron chi connectivity index (χ3n) is 3.24. The molecule has 0 spiro atoms. The Morgan fingerprint density at radius 2 is 2.20 bits per heavy atom. The van der Waals surface area contributed by atoms with Gasteiger partial charge in [0.2, 0.25) is 5.88 Å². The molecule has 0 bridgehead atoms. The lowest BCUT2D eigenvalue weighted by Gasteiger charge is -2.25. The molecule has 1 aromatic heterocycles. The summed E-state index contributed by atoms with van der Waals surface area (Å²) in [5.74, 6) is 1.23. The highest BCUT2D eigenvalue weighted by Crippen LogP contribution is 2.27. The minimum Gasteiger partial charge on any atom is -0.470 e. The van der Waals surface area contributed by atoms with Crippen molar-refractivity contribution in [1.29, 1.82) is 0 Å². The van der Waals surface area contributed by atoms with Crippen molar-refractivity contribution in [2.45, 2.75) is 51.7 Å². The molecule has 1 fully saturated rings. The Kier molecular flexibility index (Phi) is 4.09. The lowest BCUT2D eigenvalue weighted by atomic mass is 10.0. The summed E-state index contributed by atoms with van der Waals surface area (Å²) in [6.07, 6.45) is 2.19. The standard InChI is InChI=1S/C15H25N3O2/c1-14(2,3)20-13-11(16)6-7-12(18-13)17-10-15(4)8-5-9-19-15/h6-7H,5,8-10,16H2,1-4H3,(H,17,18). The summed E-state index contributed by atoms with van der Waals surface area (Å²) < 4.78 is 11.5. The van der Waals surface area contributed by atoms with Crippen LogP contribution in [0.2, 0.25) is 0 Å². The molecule has 20 heavy (non-hydrogen) atoms. The van der Waals surface area contributed by atoms with Crippen molar-refractivity contribution in [3.8, 4) is 5.88 Å². The highest BCUT2D eigenvalue weighted by molar-refractivity contribution is 5.53. The zero-order valence-electron chi connectivity index (χ0n) is 12.8. The van der Waals surface area contributed by atoms with E-state index < -0.39 is 0 Å². The first-order valence-electron chi connectivity index (χ1n) is 7.11. The SMILES string of the molecule is CC(C)(C)Oc1nc(NCC2(C)CCCO2)ccc1N. The molecule has 1 aliphatic heterocycles. The van der Waals surface area contributed by atoms with Gasteiger partial charge in [0.05, 0.1) is 11.3 Å². The molecule has 0 amide bonds. The van der Waals surface area contributed by atoms with Gasteiger partial charge in [-0.1, -0.05) is 0 Å². The summed E-state index contributed by atoms with van der Waals surface area (Å²) in [5, 5.41) is 3.31. The fourth-order valence-electron chi connectivity index (χ4n) is 2.18. The molecule has 3 N–H and O–H groups in total. The highest BCUT2D eigenvalue weighted by Gasteiger charge is 2.29. The van der Waals surface area contributed by atoms with Gasteiger partial charge in [-0.15, -0.1) is 0 Å². The van der Waals surface area contributed by atoms with E-state index in [4.69, 9.17) is 15.2 Å². The Morgan fingerprint density at radius 3 is 2.80 bits per heavy atom. The first-order chi connectivity index (χ1) is 9.27. The molecule has 0 radical (unpaired) electrons. The Hall–Kier alpha value is -1.49. The summed E-state index contributed by atoms with van der Waals surface area (Å²) in [4.78, 5) is 4.44. The van der Waals surface area contributed by atoms with Crippen LogP contribution in [0.25, 0.3) is 0 Å². The summed E-state index contributed by atoms with van der Waals surface area (Å²) in [5.41, 5.74) is 6.03. The van der Waals surface area contributed by atoms with E-state index in [1.54, 1.807) is 0 Å². The van der Waals surface area contributed by atoms with Crippen LogP contribution in [-0.2, 0) is 4.74 Å². The molecule has 0 aromatic carbocycles. The zero-order chi connectivity index (χ0) is 14.8. The predicted octanol–water partition coefficient (Wildman–Crippen LogP) is 2.82. The van der Waals surface area contributed by atoms with E-state index in [9.17, 15) is 0 Å². The van der Waals surface area contributed by atoms with E-state index in [-0.39, 0.29) is 11.2 Å². The van der Waals surface area contributed by atoms with E-state index in [1.165, 1.54) is 0 Å². The Labute approximate surface area is 120 Å². The third kappa shape index (κ3) is 4.00. The van der Waals surface area contributed by atoms with Crippen molar-refractivity contribution < 1.29 is 9.47 Å². The van der Waals surface area contributed by atoms with Crippen molar-refractivity contribution >= 4 is 11.5 Å². The van der Waals surface area contributed by atoms with E-state index >= 15 is 0 Å². The van der Waals surface area contributed by atoms with Gasteiger partial charge in [-0.05, 0) is 52.7 Å². The number of anilines is 2. The number of nitrogen functional groups attached to an aromatic ring is 1. The molecule has 2 rings (SSSR count). The molecule has 0 aliphatic carbocycles. The van der Waals surface area contributed by atoms with E-state index in [1.807, 2.05) is 32.9 Å². The van der Waals surface area contributed by atoms with Gasteiger partial charge in [0.25, 0.3) is 0 Å². The molecule has 1 atom stereocenters. The van der Waals surface area contributed by atoms with Crippen molar-refractivity contribution in [3.05, 3.63) is 12.1 Å². The molecule has 0 saturated carbocycles. The van der Waals surface area contributed by atoms with Crippen LogP contribution in [0.5, 0.6) is 5.88 Å². The van der Waals surface area contributed by atoms with Crippen LogP contribution in [0.15, 0.2) is 12.1 Å². The van der Waals surface area contributed by atoms with E-state index in [2.05, 4.69) is 17.2 Å². The smallest absolute Gasteiger partial charge is 0.239 e. The second kappa shape index (κ2) is 5.48. The summed E-state index contributed by atoms with van der Waals surface area (Å²) >= 11 is 0. The number of hydrogen-bond acceptors (Lipinski definition) is 5. The van der Waals surface area contributed by atoms with Gasteiger partial charge < -0.3 is 20.5 Å². The molecule has 1 aliphatic rings. The number of nitrogens with one attached hydrogen (secondary N) is 1. The summed E-state index contributed by atoms with van der Waals surface area (Å²) in [6, 6.07) is 3.68. The Balaban J connectivity index is 2.03. The zero-order valence-corrected chi connectivity index (χ0v) is 12.8. The Morgan fingerprint density at radius 1 is 1.45 bits per heavy atom. The Bertz CT molecular complexity index is 463. The molecular formula is C15H25N3O2. The highest BCUT2D eigenvalue weighted by atomic mass is 16.5. The fraction of sp³-hybridized carbons (Fsp3) is 0.667. The predicted molar refractivity (Wildman–Crippen MR) is 81.1 cm³/mol. The van der Waals surface area contributed by atoms with Gasteiger partial charge in [-0.2, -0.15) is 4.98 Å². The number of ether oxygens (including phenoxy) is 2. The second-order valence-electron chi connectivity index (χ2n) is 6.56. The quantitative estimate of drug-likeness (QED) is 0.887. The van der Waals surface area contributed by atoms with Gasteiger partial charge in [0.15, 0.2) is 0 Å². The van der Waals surface area contributed by atoms with Crippen LogP contribution in [0.4, 0.5) is 11.5 Å². The van der Waals surface area contributed by atoms with Crippen molar-refractivity contribution in [3.63, 3.8) is 0 Å². The molecule has 1 aromatic rings. The average molecular weight is 279 g/mol. The van der Waals surface area contributed by atoms with Crippen LogP contribution >= 0.6 is 0 Å². The van der Waals surface area contributed by atoms with Crippen molar-refractivity contribution in [2.24, 2.45) is 0 Å². The molecule has 5 nitrogen and oxygen atoms in total. The van der Waals surface area contributed by atoms with E-state index in [0.717, 1.165) is 31.8 Å². The lowest BCUT2D eigenvalue weighted by molar-refractivity contribution is 0.0314. The summed E-state index contributed by atoms with van der Waals surface area (Å²) in [6.45, 7) is 9.62. The minimum absolute atomic E-state index is 0.103. The molecule has 1 saturated heterocycles. The maximum atomic E-state index is 5.90. The number of nitrogens with two attached hydrogens (primary N) is 1. The minimum atomic E-state index is -0.319. The third-order valence-corrected chi connectivity index (χ3v) is 3.24. The molecule has 5 heteroatoms. The van der Waals surface area contributed by atoms with Crippen LogP contribution in [0.3, 0.4) is 0 Å². The molecule has 112 valence electrons. The largest absolute Gasteiger partial charge is 0.470 e. The fourth-order valence-corrected chi connectivity index (χ4v) is 2.18. The normalized spacial score (nSPS) is 22.8. The van der Waals surface area contributed by atoms with Crippen molar-refractivity contribution in [2.75, 3.05) is 24.2 Å². The molecule has 2 heterocycles. The monoisotopic (exact) mass is 279 g/mol. The van der Waals surface area contributed by atoms with Gasteiger partial charge in [-0.3, -0.25) is 0 Å². The van der Waals surface area contributed by atoms with Crippen LogP contribution < -0.4 is 15.8 Å². The van der Waals surface area contributed by atoms with Gasteiger partial charge in [-0.25, -0.2) is 0 Å². The molecule has 1 unspecified atom stereocenters. The maximum Gasteiger partial charge on any atom is 0.239 e. The number of aromatic nitrogens is 1. The second-order valence-corrected chi connectivity index (χ2v) is 6.56. The molecular weight excluding hydrogens is 254 g/mol. The van der Waals surface area contributed by atoms with Gasteiger partial charge >= 0.3 is 0 Å². The van der Waals surface area contributed by atoms with Crippen LogP contribution in [0.1, 0.15) is 40.5 Å². The number of hydrogen-bond donors (Lipinski definition) is 2. The maximum absolute atomic E-state index is 5.90. The van der Waals surface area contributed by atoms with Crippen LogP contribution in [-0.4, -0.2) is 29.3 Å². The first kappa shape index (κ1) is 14.9. The van der Waals surface area contributed by atoms with Crippen LogP contribution in [0, 0.1) is 0 Å². The number of pyridine rings is 1. The summed E-state index contributed by atoms with van der Waals surface area (Å²) in [7, 11) is 0.